The molecule has 0 bridgehead atoms. The highest BCUT2D eigenvalue weighted by Gasteiger charge is 2.07. The molecular weight excluding hydrogens is 224 g/mol. The Labute approximate surface area is 105 Å². The van der Waals surface area contributed by atoms with Crippen LogP contribution in [0.2, 0.25) is 0 Å². The number of fused-ring (bicyclic) bond motifs is 1. The summed E-state index contributed by atoms with van der Waals surface area (Å²) in [4.78, 5) is 14.8. The average molecular weight is 238 g/mol. The zero-order valence-corrected chi connectivity index (χ0v) is 10.2. The molecule has 0 aliphatic rings. The summed E-state index contributed by atoms with van der Waals surface area (Å²) < 4.78 is 1.78. The molecule has 3 nitrogen and oxygen atoms in total. The van der Waals surface area contributed by atoms with Crippen LogP contribution in [-0.4, -0.2) is 9.55 Å². The summed E-state index contributed by atoms with van der Waals surface area (Å²) in [7, 11) is 0. The number of rotatable bonds is 2. The fourth-order valence-electron chi connectivity index (χ4n) is 2.22. The standard InChI is InChI=1S/C15H14N2O/c1-11-6-2-3-7-12(11)10-17-14-9-5-4-8-13(14)16-15(17)18/h2-9H,10H2,1H3,(H,16,18). The van der Waals surface area contributed by atoms with E-state index < -0.39 is 0 Å². The highest BCUT2D eigenvalue weighted by Crippen LogP contribution is 2.13. The maximum absolute atomic E-state index is 12.0. The Balaban J connectivity index is 2.13. The van der Waals surface area contributed by atoms with Gasteiger partial charge in [-0.1, -0.05) is 36.4 Å². The van der Waals surface area contributed by atoms with Crippen LogP contribution in [0, 0.1) is 6.92 Å². The molecule has 1 N–H and O–H groups in total. The van der Waals surface area contributed by atoms with Gasteiger partial charge in [0.2, 0.25) is 0 Å². The van der Waals surface area contributed by atoms with Gasteiger partial charge >= 0.3 is 5.69 Å². The molecule has 2 aromatic carbocycles. The van der Waals surface area contributed by atoms with Crippen LogP contribution in [-0.2, 0) is 6.54 Å². The van der Waals surface area contributed by atoms with Gasteiger partial charge in [-0.3, -0.25) is 4.57 Å². The van der Waals surface area contributed by atoms with Gasteiger partial charge in [0.05, 0.1) is 17.6 Å². The second-order valence-electron chi connectivity index (χ2n) is 4.46. The summed E-state index contributed by atoms with van der Waals surface area (Å²) in [6, 6.07) is 15.9. The molecule has 0 radical (unpaired) electrons. The number of aromatic nitrogens is 2. The lowest BCUT2D eigenvalue weighted by Crippen LogP contribution is -2.17. The van der Waals surface area contributed by atoms with Crippen molar-refractivity contribution in [3.63, 3.8) is 0 Å². The monoisotopic (exact) mass is 238 g/mol. The molecule has 1 aromatic heterocycles. The van der Waals surface area contributed by atoms with Crippen molar-refractivity contribution >= 4 is 11.0 Å². The van der Waals surface area contributed by atoms with Crippen LogP contribution in [0.25, 0.3) is 11.0 Å². The van der Waals surface area contributed by atoms with E-state index in [1.807, 2.05) is 36.4 Å². The Kier molecular flexibility index (Phi) is 2.52. The summed E-state index contributed by atoms with van der Waals surface area (Å²) in [6.45, 7) is 2.67. The summed E-state index contributed by atoms with van der Waals surface area (Å²) in [5.41, 5.74) is 4.15. The fraction of sp³-hybridized carbons (Fsp3) is 0.133. The van der Waals surface area contributed by atoms with E-state index in [1.165, 1.54) is 11.1 Å². The second kappa shape index (κ2) is 4.18. The van der Waals surface area contributed by atoms with Crippen LogP contribution in [0.15, 0.2) is 53.3 Å². The third kappa shape index (κ3) is 1.74. The quantitative estimate of drug-likeness (QED) is 0.732. The third-order valence-electron chi connectivity index (χ3n) is 3.27. The van der Waals surface area contributed by atoms with E-state index in [9.17, 15) is 4.79 Å². The first-order valence-corrected chi connectivity index (χ1v) is 5.98. The first-order chi connectivity index (χ1) is 8.75. The Morgan fingerprint density at radius 2 is 1.78 bits per heavy atom. The summed E-state index contributed by atoms with van der Waals surface area (Å²) in [6.07, 6.45) is 0. The van der Waals surface area contributed by atoms with Crippen molar-refractivity contribution < 1.29 is 0 Å². The smallest absolute Gasteiger partial charge is 0.306 e. The van der Waals surface area contributed by atoms with Crippen molar-refractivity contribution in [3.05, 3.63) is 70.1 Å². The summed E-state index contributed by atoms with van der Waals surface area (Å²) >= 11 is 0. The molecule has 0 saturated heterocycles. The van der Waals surface area contributed by atoms with Crippen molar-refractivity contribution in [1.82, 2.24) is 9.55 Å². The fourth-order valence-corrected chi connectivity index (χ4v) is 2.22. The second-order valence-corrected chi connectivity index (χ2v) is 4.46. The Bertz CT molecular complexity index is 752. The summed E-state index contributed by atoms with van der Waals surface area (Å²) in [5, 5.41) is 0. The maximum atomic E-state index is 12.0. The van der Waals surface area contributed by atoms with E-state index in [-0.39, 0.29) is 5.69 Å². The molecule has 0 saturated carbocycles. The number of imidazole rings is 1. The minimum atomic E-state index is -0.0561. The van der Waals surface area contributed by atoms with Gasteiger partial charge in [-0.2, -0.15) is 0 Å². The maximum Gasteiger partial charge on any atom is 0.326 e. The van der Waals surface area contributed by atoms with E-state index in [2.05, 4.69) is 24.0 Å². The predicted octanol–water partition coefficient (Wildman–Crippen LogP) is 2.69. The lowest BCUT2D eigenvalue weighted by Gasteiger charge is -2.06. The third-order valence-corrected chi connectivity index (χ3v) is 3.27. The molecule has 0 atom stereocenters. The zero-order chi connectivity index (χ0) is 12.5. The zero-order valence-electron chi connectivity index (χ0n) is 10.2. The molecule has 0 spiro atoms. The van der Waals surface area contributed by atoms with Gasteiger partial charge < -0.3 is 4.98 Å². The largest absolute Gasteiger partial charge is 0.326 e. The van der Waals surface area contributed by atoms with Crippen LogP contribution < -0.4 is 5.69 Å². The molecule has 3 aromatic rings. The van der Waals surface area contributed by atoms with Crippen molar-refractivity contribution in [1.29, 1.82) is 0 Å². The Morgan fingerprint density at radius 3 is 2.61 bits per heavy atom. The number of aromatic amines is 1. The van der Waals surface area contributed by atoms with E-state index >= 15 is 0 Å². The molecular formula is C15H14N2O. The average Bonchev–Trinajstić information content (AvgIpc) is 2.69. The van der Waals surface area contributed by atoms with Gasteiger partial charge in [-0.05, 0) is 30.2 Å². The Hall–Kier alpha value is -2.29. The molecule has 0 unspecified atom stereocenters. The molecule has 1 heterocycles. The molecule has 90 valence electrons. The van der Waals surface area contributed by atoms with Crippen molar-refractivity contribution in [2.75, 3.05) is 0 Å². The first-order valence-electron chi connectivity index (χ1n) is 5.98. The van der Waals surface area contributed by atoms with Crippen molar-refractivity contribution in [2.45, 2.75) is 13.5 Å². The van der Waals surface area contributed by atoms with Crippen LogP contribution in [0.3, 0.4) is 0 Å². The normalized spacial score (nSPS) is 10.9. The first kappa shape index (κ1) is 10.8. The number of hydrogen-bond donors (Lipinski definition) is 1. The highest BCUT2D eigenvalue weighted by atomic mass is 16.1. The van der Waals surface area contributed by atoms with Gasteiger partial charge in [-0.15, -0.1) is 0 Å². The van der Waals surface area contributed by atoms with E-state index in [1.54, 1.807) is 4.57 Å². The molecule has 0 aliphatic heterocycles. The number of H-pyrrole nitrogens is 1. The van der Waals surface area contributed by atoms with Gasteiger partial charge in [-0.25, -0.2) is 4.79 Å². The lowest BCUT2D eigenvalue weighted by molar-refractivity contribution is 0.782. The van der Waals surface area contributed by atoms with Crippen LogP contribution in [0.5, 0.6) is 0 Å². The van der Waals surface area contributed by atoms with E-state index in [0.29, 0.717) is 6.54 Å². The SMILES string of the molecule is Cc1ccccc1Cn1c(=O)[nH]c2ccccc21. The van der Waals surface area contributed by atoms with Crippen LogP contribution in [0.4, 0.5) is 0 Å². The minimum absolute atomic E-state index is 0.0561. The van der Waals surface area contributed by atoms with Crippen LogP contribution >= 0.6 is 0 Å². The van der Waals surface area contributed by atoms with Crippen molar-refractivity contribution in [2.24, 2.45) is 0 Å². The number of benzene rings is 2. The predicted molar refractivity (Wildman–Crippen MR) is 72.8 cm³/mol. The number of aryl methyl sites for hydroxylation is 1. The van der Waals surface area contributed by atoms with Gasteiger partial charge in [0.1, 0.15) is 0 Å². The van der Waals surface area contributed by atoms with Gasteiger partial charge in [0.15, 0.2) is 0 Å². The molecule has 3 rings (SSSR count). The highest BCUT2D eigenvalue weighted by molar-refractivity contribution is 5.75. The topological polar surface area (TPSA) is 37.8 Å². The summed E-state index contributed by atoms with van der Waals surface area (Å²) in [5.74, 6) is 0. The lowest BCUT2D eigenvalue weighted by atomic mass is 10.1. The van der Waals surface area contributed by atoms with Gasteiger partial charge in [0, 0.05) is 0 Å². The number of nitrogens with one attached hydrogen (secondary N) is 1. The minimum Gasteiger partial charge on any atom is -0.306 e. The molecule has 0 amide bonds. The van der Waals surface area contributed by atoms with Crippen LogP contribution in [0.1, 0.15) is 11.1 Å². The molecule has 3 heteroatoms. The van der Waals surface area contributed by atoms with E-state index in [4.69, 9.17) is 0 Å². The molecule has 0 fully saturated rings. The number of hydrogen-bond acceptors (Lipinski definition) is 1. The Morgan fingerprint density at radius 1 is 1.06 bits per heavy atom. The van der Waals surface area contributed by atoms with E-state index in [0.717, 1.165) is 11.0 Å². The molecule has 0 aliphatic carbocycles. The number of nitrogens with zero attached hydrogens (tertiary/aromatic N) is 1. The number of para-hydroxylation sites is 2. The van der Waals surface area contributed by atoms with Gasteiger partial charge in [0.25, 0.3) is 0 Å². The van der Waals surface area contributed by atoms with Crippen molar-refractivity contribution in [3.8, 4) is 0 Å². The molecule has 18 heavy (non-hydrogen) atoms.